The summed E-state index contributed by atoms with van der Waals surface area (Å²) < 4.78 is 0. The third-order valence-corrected chi connectivity index (χ3v) is 6.19. The molecule has 2 saturated carbocycles. The number of carbonyl (C=O) groups is 3. The van der Waals surface area contributed by atoms with Gasteiger partial charge in [0.2, 0.25) is 11.8 Å². The molecular formula is C20H24N2O3. The van der Waals surface area contributed by atoms with Crippen LogP contribution >= 0.6 is 0 Å². The number of rotatable bonds is 3. The molecule has 1 spiro atoms. The number of ketones is 1. The van der Waals surface area contributed by atoms with Gasteiger partial charge in [0.25, 0.3) is 0 Å². The van der Waals surface area contributed by atoms with Crippen LogP contribution in [0.25, 0.3) is 0 Å². The van der Waals surface area contributed by atoms with Crippen LogP contribution < -0.4 is 5.32 Å². The molecule has 1 heterocycles. The van der Waals surface area contributed by atoms with E-state index in [1.54, 1.807) is 11.8 Å². The Balaban J connectivity index is 1.32. The number of hydrogen-bond acceptors (Lipinski definition) is 3. The van der Waals surface area contributed by atoms with Crippen LogP contribution in [0.2, 0.25) is 0 Å². The monoisotopic (exact) mass is 340 g/mol. The van der Waals surface area contributed by atoms with Gasteiger partial charge in [0.1, 0.15) is 11.8 Å². The highest BCUT2D eigenvalue weighted by molar-refractivity contribution is 5.90. The zero-order valence-electron chi connectivity index (χ0n) is 14.6. The van der Waals surface area contributed by atoms with Gasteiger partial charge in [0.15, 0.2) is 0 Å². The normalized spacial score (nSPS) is 24.8. The topological polar surface area (TPSA) is 66.5 Å². The molecule has 5 heteroatoms. The summed E-state index contributed by atoms with van der Waals surface area (Å²) in [5.41, 5.74) is 2.40. The third-order valence-electron chi connectivity index (χ3n) is 6.19. The van der Waals surface area contributed by atoms with Crippen molar-refractivity contribution in [2.24, 2.45) is 11.3 Å². The maximum absolute atomic E-state index is 12.7. The molecule has 1 N–H and O–H groups in total. The molecule has 0 bridgehead atoms. The second-order valence-corrected chi connectivity index (χ2v) is 7.85. The first-order chi connectivity index (χ1) is 12.0. The molecule has 2 atom stereocenters. The molecule has 0 radical (unpaired) electrons. The Labute approximate surface area is 147 Å². The summed E-state index contributed by atoms with van der Waals surface area (Å²) in [6.45, 7) is 3.00. The minimum atomic E-state index is -0.510. The van der Waals surface area contributed by atoms with Gasteiger partial charge < -0.3 is 10.2 Å². The van der Waals surface area contributed by atoms with Crippen LogP contribution in [0, 0.1) is 11.3 Å². The van der Waals surface area contributed by atoms with Gasteiger partial charge >= 0.3 is 0 Å². The molecule has 5 nitrogen and oxygen atoms in total. The van der Waals surface area contributed by atoms with Crippen LogP contribution in [0.5, 0.6) is 0 Å². The number of benzene rings is 1. The van der Waals surface area contributed by atoms with E-state index in [0.29, 0.717) is 31.7 Å². The molecule has 1 aromatic carbocycles. The number of Topliss-reactive ketones (excluding diaryl/α,β-unsaturated/α-hetero) is 1. The highest BCUT2D eigenvalue weighted by atomic mass is 16.2. The predicted octanol–water partition coefficient (Wildman–Crippen LogP) is 2.18. The fraction of sp³-hybridized carbons (Fsp3) is 0.550. The van der Waals surface area contributed by atoms with E-state index in [1.165, 1.54) is 11.1 Å². The number of fused-ring (bicyclic) bond motifs is 1. The number of amides is 2. The van der Waals surface area contributed by atoms with Crippen LogP contribution in [0.4, 0.5) is 0 Å². The fourth-order valence-corrected chi connectivity index (χ4v) is 4.44. The summed E-state index contributed by atoms with van der Waals surface area (Å²) >= 11 is 0. The first-order valence-corrected chi connectivity index (χ1v) is 9.16. The Hall–Kier alpha value is -2.17. The van der Waals surface area contributed by atoms with Gasteiger partial charge in [0, 0.05) is 31.8 Å². The summed E-state index contributed by atoms with van der Waals surface area (Å²) in [4.78, 5) is 38.4. The van der Waals surface area contributed by atoms with Crippen molar-refractivity contribution in [1.29, 1.82) is 0 Å². The van der Waals surface area contributed by atoms with Gasteiger partial charge in [-0.15, -0.1) is 0 Å². The van der Waals surface area contributed by atoms with Gasteiger partial charge in [-0.05, 0) is 42.7 Å². The van der Waals surface area contributed by atoms with Crippen molar-refractivity contribution in [3.05, 3.63) is 35.4 Å². The molecule has 4 rings (SSSR count). The van der Waals surface area contributed by atoms with Crippen molar-refractivity contribution in [2.45, 2.75) is 58.2 Å². The number of hydrogen-bond donors (Lipinski definition) is 1. The second-order valence-electron chi connectivity index (χ2n) is 7.85. The van der Waals surface area contributed by atoms with Gasteiger partial charge in [-0.2, -0.15) is 0 Å². The lowest BCUT2D eigenvalue weighted by atomic mass is 9.83. The Bertz CT molecular complexity index is 707. The maximum Gasteiger partial charge on any atom is 0.245 e. The maximum atomic E-state index is 12.7. The number of nitrogens with zero attached hydrogens (tertiary/aromatic N) is 1. The van der Waals surface area contributed by atoms with Crippen LogP contribution in [0.3, 0.4) is 0 Å². The van der Waals surface area contributed by atoms with E-state index in [4.69, 9.17) is 0 Å². The summed E-state index contributed by atoms with van der Waals surface area (Å²) in [6, 6.07) is 7.55. The van der Waals surface area contributed by atoms with Gasteiger partial charge in [-0.3, -0.25) is 14.4 Å². The standard InChI is InChI=1S/C20H24N2O3/c1-13(19(25)22-11-14-4-2-3-5-15(14)12-22)21-18(24)17-10-20(17)8-6-16(23)7-9-20/h2-5,13,17H,6-12H2,1H3,(H,21,24)/t13-,17?/m0/s1. The molecule has 3 aliphatic rings. The van der Waals surface area contributed by atoms with Crippen molar-refractivity contribution in [1.82, 2.24) is 10.2 Å². The molecule has 0 aromatic heterocycles. The van der Waals surface area contributed by atoms with E-state index in [-0.39, 0.29) is 23.1 Å². The van der Waals surface area contributed by atoms with E-state index < -0.39 is 6.04 Å². The van der Waals surface area contributed by atoms with Crippen LogP contribution in [0.15, 0.2) is 24.3 Å². The van der Waals surface area contributed by atoms with E-state index in [1.807, 2.05) is 24.3 Å². The Morgan fingerprint density at radius 3 is 2.36 bits per heavy atom. The lowest BCUT2D eigenvalue weighted by Gasteiger charge is -2.23. The van der Waals surface area contributed by atoms with Crippen molar-refractivity contribution in [2.75, 3.05) is 0 Å². The molecule has 25 heavy (non-hydrogen) atoms. The van der Waals surface area contributed by atoms with E-state index in [9.17, 15) is 14.4 Å². The van der Waals surface area contributed by atoms with Crippen molar-refractivity contribution in [3.8, 4) is 0 Å². The summed E-state index contributed by atoms with van der Waals surface area (Å²) in [5.74, 6) is 0.241. The highest BCUT2D eigenvalue weighted by Gasteiger charge is 2.58. The van der Waals surface area contributed by atoms with Crippen molar-refractivity contribution >= 4 is 17.6 Å². The van der Waals surface area contributed by atoms with Crippen molar-refractivity contribution < 1.29 is 14.4 Å². The average molecular weight is 340 g/mol. The molecule has 0 saturated heterocycles. The Morgan fingerprint density at radius 2 is 1.76 bits per heavy atom. The van der Waals surface area contributed by atoms with E-state index in [2.05, 4.69) is 5.32 Å². The summed E-state index contributed by atoms with van der Waals surface area (Å²) in [7, 11) is 0. The largest absolute Gasteiger partial charge is 0.344 e. The lowest BCUT2D eigenvalue weighted by Crippen LogP contribution is -2.46. The SMILES string of the molecule is C[C@H](NC(=O)C1CC12CCC(=O)CC2)C(=O)N1Cc2ccccc2C1. The molecule has 2 amide bonds. The molecule has 2 fully saturated rings. The third kappa shape index (κ3) is 2.96. The molecule has 2 aliphatic carbocycles. The zero-order valence-corrected chi connectivity index (χ0v) is 14.6. The number of carbonyl (C=O) groups excluding carboxylic acids is 3. The van der Waals surface area contributed by atoms with Gasteiger partial charge in [-0.1, -0.05) is 24.3 Å². The first-order valence-electron chi connectivity index (χ1n) is 9.16. The highest BCUT2D eigenvalue weighted by Crippen LogP contribution is 2.60. The molecule has 1 aromatic rings. The lowest BCUT2D eigenvalue weighted by molar-refractivity contribution is -0.137. The van der Waals surface area contributed by atoms with Crippen LogP contribution in [-0.2, 0) is 27.5 Å². The molecule has 1 aliphatic heterocycles. The zero-order chi connectivity index (χ0) is 17.6. The smallest absolute Gasteiger partial charge is 0.245 e. The second kappa shape index (κ2) is 5.97. The van der Waals surface area contributed by atoms with Gasteiger partial charge in [-0.25, -0.2) is 0 Å². The Kier molecular flexibility index (Phi) is 3.89. The minimum absolute atomic E-state index is 0.0214. The quantitative estimate of drug-likeness (QED) is 0.917. The molecule has 132 valence electrons. The molecule has 1 unspecified atom stereocenters. The van der Waals surface area contributed by atoms with Crippen LogP contribution in [-0.4, -0.2) is 28.5 Å². The van der Waals surface area contributed by atoms with E-state index in [0.717, 1.165) is 19.3 Å². The minimum Gasteiger partial charge on any atom is -0.344 e. The average Bonchev–Trinajstić information content (AvgIpc) is 3.14. The Morgan fingerprint density at radius 1 is 1.16 bits per heavy atom. The van der Waals surface area contributed by atoms with Crippen LogP contribution in [0.1, 0.15) is 50.2 Å². The van der Waals surface area contributed by atoms with Gasteiger partial charge in [0.05, 0.1) is 0 Å². The summed E-state index contributed by atoms with van der Waals surface area (Å²) in [5, 5.41) is 2.91. The van der Waals surface area contributed by atoms with Crippen molar-refractivity contribution in [3.63, 3.8) is 0 Å². The fourth-order valence-electron chi connectivity index (χ4n) is 4.44. The summed E-state index contributed by atoms with van der Waals surface area (Å²) in [6.07, 6.45) is 3.72. The van der Waals surface area contributed by atoms with E-state index >= 15 is 0 Å². The molecular weight excluding hydrogens is 316 g/mol. The predicted molar refractivity (Wildman–Crippen MR) is 92.3 cm³/mol. The first kappa shape index (κ1) is 16.3. The number of nitrogens with one attached hydrogen (secondary N) is 1.